The van der Waals surface area contributed by atoms with Gasteiger partial charge in [-0.2, -0.15) is 0 Å². The minimum absolute atomic E-state index is 0. The number of benzene rings is 2. The SMILES string of the molecule is CC(O)=CC(C)O.Cc1[c-]c(-c2ccc3c(CC(C)C)cccc3n2)cc(C)c1.[Ir]. The Morgan fingerprint density at radius 1 is 1.10 bits per heavy atom. The van der Waals surface area contributed by atoms with Gasteiger partial charge in [-0.1, -0.05) is 52.0 Å². The summed E-state index contributed by atoms with van der Waals surface area (Å²) in [4.78, 5) is 4.86. The summed E-state index contributed by atoms with van der Waals surface area (Å²) in [5, 5.41) is 18.2. The fourth-order valence-corrected chi connectivity index (χ4v) is 3.37. The predicted molar refractivity (Wildman–Crippen MR) is 122 cm³/mol. The number of hydrogen-bond acceptors (Lipinski definition) is 3. The first-order chi connectivity index (χ1) is 13.7. The summed E-state index contributed by atoms with van der Waals surface area (Å²) >= 11 is 0. The van der Waals surface area contributed by atoms with Gasteiger partial charge in [-0.3, -0.25) is 4.98 Å². The summed E-state index contributed by atoms with van der Waals surface area (Å²) in [5.41, 5.74) is 6.95. The van der Waals surface area contributed by atoms with E-state index in [1.807, 2.05) is 0 Å². The van der Waals surface area contributed by atoms with E-state index in [2.05, 4.69) is 76.2 Å². The average molecular weight is 583 g/mol. The molecular formula is C26H32IrNO2-. The van der Waals surface area contributed by atoms with Crippen molar-refractivity contribution in [2.24, 2.45) is 5.92 Å². The second kappa shape index (κ2) is 12.0. The van der Waals surface area contributed by atoms with Gasteiger partial charge in [-0.05, 0) is 49.6 Å². The Morgan fingerprint density at radius 3 is 2.33 bits per heavy atom. The van der Waals surface area contributed by atoms with Gasteiger partial charge < -0.3 is 10.2 Å². The average Bonchev–Trinajstić information content (AvgIpc) is 2.59. The molecule has 30 heavy (non-hydrogen) atoms. The van der Waals surface area contributed by atoms with Gasteiger partial charge >= 0.3 is 0 Å². The first kappa shape index (κ1) is 26.0. The predicted octanol–water partition coefficient (Wildman–Crippen LogP) is 6.34. The van der Waals surface area contributed by atoms with E-state index < -0.39 is 6.10 Å². The van der Waals surface area contributed by atoms with Gasteiger partial charge in [-0.25, -0.2) is 0 Å². The fraction of sp³-hybridized carbons (Fsp3) is 0.346. The number of aryl methyl sites for hydroxylation is 2. The summed E-state index contributed by atoms with van der Waals surface area (Å²) in [6.45, 7) is 11.8. The second-order valence-electron chi connectivity index (χ2n) is 8.08. The standard InChI is InChI=1S/C21H22N.C5H10O2.Ir/c1-14(2)10-17-6-5-7-21-19(17)8-9-20(22-21)18-12-15(3)11-16(4)13-18;1-4(6)3-5(2)7;/h5-9,11-12,14H,10H2,1-4H3;3-4,6-7H,1-2H3;/q-1;;. The van der Waals surface area contributed by atoms with Gasteiger partial charge in [0.1, 0.15) is 0 Å². The van der Waals surface area contributed by atoms with Crippen molar-refractivity contribution in [1.29, 1.82) is 0 Å². The van der Waals surface area contributed by atoms with Crippen molar-refractivity contribution in [2.45, 2.75) is 54.1 Å². The molecule has 3 nitrogen and oxygen atoms in total. The number of hydrogen-bond donors (Lipinski definition) is 2. The molecule has 2 N–H and O–H groups in total. The minimum Gasteiger partial charge on any atom is -0.513 e. The van der Waals surface area contributed by atoms with E-state index in [1.165, 1.54) is 29.5 Å². The van der Waals surface area contributed by atoms with Crippen LogP contribution in [0.3, 0.4) is 0 Å². The van der Waals surface area contributed by atoms with E-state index in [0.717, 1.165) is 28.8 Å². The van der Waals surface area contributed by atoms with E-state index >= 15 is 0 Å². The maximum atomic E-state index is 8.49. The largest absolute Gasteiger partial charge is 0.513 e. The number of nitrogens with zero attached hydrogens (tertiary/aromatic N) is 1. The molecule has 0 fully saturated rings. The molecule has 0 saturated carbocycles. The minimum atomic E-state index is -0.537. The van der Waals surface area contributed by atoms with Crippen LogP contribution in [0.25, 0.3) is 22.2 Å². The van der Waals surface area contributed by atoms with Gasteiger partial charge in [0.05, 0.1) is 17.4 Å². The maximum absolute atomic E-state index is 8.49. The van der Waals surface area contributed by atoms with Crippen molar-refractivity contribution in [3.8, 4) is 11.3 Å². The molecule has 0 bridgehead atoms. The zero-order chi connectivity index (χ0) is 21.6. The zero-order valence-electron chi connectivity index (χ0n) is 18.7. The van der Waals surface area contributed by atoms with E-state index in [-0.39, 0.29) is 25.9 Å². The zero-order valence-corrected chi connectivity index (χ0v) is 21.1. The molecule has 0 amide bonds. The third-order valence-electron chi connectivity index (χ3n) is 4.36. The third kappa shape index (κ3) is 8.02. The molecule has 3 aromatic rings. The first-order valence-electron chi connectivity index (χ1n) is 10.1. The van der Waals surface area contributed by atoms with Crippen LogP contribution in [-0.2, 0) is 26.5 Å². The molecule has 1 atom stereocenters. The Hall–Kier alpha value is -2.00. The number of pyridine rings is 1. The van der Waals surface area contributed by atoms with E-state index in [9.17, 15) is 0 Å². The van der Waals surface area contributed by atoms with Crippen molar-refractivity contribution in [1.82, 2.24) is 4.98 Å². The topological polar surface area (TPSA) is 53.4 Å². The third-order valence-corrected chi connectivity index (χ3v) is 4.36. The van der Waals surface area contributed by atoms with Gasteiger partial charge in [0.15, 0.2) is 0 Å². The van der Waals surface area contributed by atoms with Crippen molar-refractivity contribution < 1.29 is 30.3 Å². The molecule has 1 unspecified atom stereocenters. The van der Waals surface area contributed by atoms with Crippen LogP contribution in [0.15, 0.2) is 54.3 Å². The van der Waals surface area contributed by atoms with E-state index in [1.54, 1.807) is 6.92 Å². The van der Waals surface area contributed by atoms with Crippen LogP contribution in [-0.4, -0.2) is 21.3 Å². The molecule has 0 aliphatic heterocycles. The molecule has 163 valence electrons. The summed E-state index contributed by atoms with van der Waals surface area (Å²) < 4.78 is 0. The van der Waals surface area contributed by atoms with Crippen LogP contribution in [0.5, 0.6) is 0 Å². The van der Waals surface area contributed by atoms with Crippen molar-refractivity contribution in [3.05, 3.63) is 77.1 Å². The monoisotopic (exact) mass is 583 g/mol. The smallest absolute Gasteiger partial charge is 0.0877 e. The molecule has 3 rings (SSSR count). The Bertz CT molecular complexity index is 969. The number of fused-ring (bicyclic) bond motifs is 1. The summed E-state index contributed by atoms with van der Waals surface area (Å²) in [6.07, 6.45) is 1.92. The normalized spacial score (nSPS) is 12.2. The Balaban J connectivity index is 0.000000489. The molecule has 1 radical (unpaired) electrons. The van der Waals surface area contributed by atoms with Crippen LogP contribution in [0, 0.1) is 25.8 Å². The molecule has 0 aliphatic rings. The van der Waals surface area contributed by atoms with E-state index in [0.29, 0.717) is 5.92 Å². The number of rotatable bonds is 4. The van der Waals surface area contributed by atoms with Gasteiger partial charge in [0.25, 0.3) is 0 Å². The second-order valence-corrected chi connectivity index (χ2v) is 8.08. The maximum Gasteiger partial charge on any atom is 0.0877 e. The molecule has 0 aliphatic carbocycles. The Labute approximate surface area is 194 Å². The molecule has 1 aromatic heterocycles. The van der Waals surface area contributed by atoms with Crippen LogP contribution in [0.4, 0.5) is 0 Å². The van der Waals surface area contributed by atoms with Crippen LogP contribution >= 0.6 is 0 Å². The molecule has 0 saturated heterocycles. The summed E-state index contributed by atoms with van der Waals surface area (Å²) in [6, 6.07) is 18.5. The van der Waals surface area contributed by atoms with Crippen molar-refractivity contribution >= 4 is 10.9 Å². The quantitative estimate of drug-likeness (QED) is 0.279. The summed E-state index contributed by atoms with van der Waals surface area (Å²) in [7, 11) is 0. The van der Waals surface area contributed by atoms with E-state index in [4.69, 9.17) is 15.2 Å². The first-order valence-corrected chi connectivity index (χ1v) is 10.1. The summed E-state index contributed by atoms with van der Waals surface area (Å²) in [5.74, 6) is 0.813. The molecule has 1 heterocycles. The number of allylic oxidation sites excluding steroid dienone is 1. The van der Waals surface area contributed by atoms with Crippen LogP contribution in [0.1, 0.15) is 44.4 Å². The van der Waals surface area contributed by atoms with Gasteiger partial charge in [-0.15, -0.1) is 34.9 Å². The fourth-order valence-electron chi connectivity index (χ4n) is 3.37. The molecule has 2 aromatic carbocycles. The van der Waals surface area contributed by atoms with Gasteiger partial charge in [0.2, 0.25) is 0 Å². The molecular weight excluding hydrogens is 551 g/mol. The number of aliphatic hydroxyl groups excluding tert-OH is 2. The van der Waals surface area contributed by atoms with Crippen LogP contribution < -0.4 is 0 Å². The Morgan fingerprint density at radius 2 is 1.80 bits per heavy atom. The van der Waals surface area contributed by atoms with Crippen LogP contribution in [0.2, 0.25) is 0 Å². The van der Waals surface area contributed by atoms with Crippen molar-refractivity contribution in [2.75, 3.05) is 0 Å². The Kier molecular flexibility index (Phi) is 10.4. The molecule has 0 spiro atoms. The van der Waals surface area contributed by atoms with Crippen molar-refractivity contribution in [3.63, 3.8) is 0 Å². The number of aromatic nitrogens is 1. The van der Waals surface area contributed by atoms with Gasteiger partial charge in [0, 0.05) is 25.5 Å². The number of aliphatic hydroxyl groups is 2. The molecule has 4 heteroatoms.